The lowest BCUT2D eigenvalue weighted by Gasteiger charge is -2.35. The van der Waals surface area contributed by atoms with Gasteiger partial charge in [-0.2, -0.15) is 9.40 Å². The molecular formula is C19H25N5O6S. The predicted molar refractivity (Wildman–Crippen MR) is 106 cm³/mol. The van der Waals surface area contributed by atoms with Crippen molar-refractivity contribution in [2.45, 2.75) is 49.8 Å². The van der Waals surface area contributed by atoms with E-state index in [9.17, 15) is 18.0 Å². The molecule has 1 atom stereocenters. The number of sulfonamides is 1. The summed E-state index contributed by atoms with van der Waals surface area (Å²) < 4.78 is 39.3. The van der Waals surface area contributed by atoms with Crippen molar-refractivity contribution in [2.75, 3.05) is 26.2 Å². The SMILES string of the molecule is CCOC(=O)c1ccc(S(=O)(=O)N2CCCC2C(=O)N2CCC(n3cncn3)CC2)o1. The summed E-state index contributed by atoms with van der Waals surface area (Å²) in [5.41, 5.74) is 0. The van der Waals surface area contributed by atoms with Crippen molar-refractivity contribution in [3.8, 4) is 0 Å². The van der Waals surface area contributed by atoms with E-state index in [1.165, 1.54) is 22.8 Å². The number of carbonyl (C=O) groups is 2. The molecule has 168 valence electrons. The van der Waals surface area contributed by atoms with E-state index >= 15 is 0 Å². The van der Waals surface area contributed by atoms with Crippen LogP contribution in [0.1, 0.15) is 49.2 Å². The van der Waals surface area contributed by atoms with Crippen LogP contribution in [0.15, 0.2) is 34.3 Å². The van der Waals surface area contributed by atoms with Crippen LogP contribution in [0.25, 0.3) is 0 Å². The summed E-state index contributed by atoms with van der Waals surface area (Å²) in [4.78, 5) is 30.6. The molecule has 0 spiro atoms. The van der Waals surface area contributed by atoms with Gasteiger partial charge in [0.15, 0.2) is 0 Å². The molecule has 0 aliphatic carbocycles. The summed E-state index contributed by atoms with van der Waals surface area (Å²) in [6.45, 7) is 3.08. The number of aromatic nitrogens is 3. The Morgan fingerprint density at radius 1 is 1.19 bits per heavy atom. The largest absolute Gasteiger partial charge is 0.460 e. The van der Waals surface area contributed by atoms with E-state index in [4.69, 9.17) is 9.15 Å². The lowest BCUT2D eigenvalue weighted by atomic mass is 10.0. The van der Waals surface area contributed by atoms with Crippen molar-refractivity contribution in [3.05, 3.63) is 30.5 Å². The van der Waals surface area contributed by atoms with Crippen molar-refractivity contribution < 1.29 is 27.2 Å². The number of rotatable bonds is 6. The summed E-state index contributed by atoms with van der Waals surface area (Å²) in [5, 5.41) is 3.80. The molecule has 2 aliphatic heterocycles. The molecule has 0 saturated carbocycles. The maximum absolute atomic E-state index is 13.2. The molecule has 0 radical (unpaired) electrons. The third-order valence-electron chi connectivity index (χ3n) is 5.70. The minimum Gasteiger partial charge on any atom is -0.460 e. The fourth-order valence-corrected chi connectivity index (χ4v) is 5.69. The van der Waals surface area contributed by atoms with E-state index in [2.05, 4.69) is 10.1 Å². The van der Waals surface area contributed by atoms with Gasteiger partial charge in [0.25, 0.3) is 10.0 Å². The quantitative estimate of drug-likeness (QED) is 0.597. The predicted octanol–water partition coefficient (Wildman–Crippen LogP) is 1.06. The molecule has 2 saturated heterocycles. The van der Waals surface area contributed by atoms with Gasteiger partial charge in [0.05, 0.1) is 12.6 Å². The van der Waals surface area contributed by atoms with Crippen LogP contribution in [0.5, 0.6) is 0 Å². The van der Waals surface area contributed by atoms with Crippen molar-refractivity contribution >= 4 is 21.9 Å². The normalized spacial score (nSPS) is 20.8. The first kappa shape index (κ1) is 21.5. The highest BCUT2D eigenvalue weighted by molar-refractivity contribution is 7.89. The monoisotopic (exact) mass is 451 g/mol. The van der Waals surface area contributed by atoms with E-state index in [0.717, 1.165) is 12.8 Å². The first-order chi connectivity index (χ1) is 14.9. The minimum atomic E-state index is -4.06. The van der Waals surface area contributed by atoms with Crippen LogP contribution in [0, 0.1) is 0 Å². The molecule has 2 fully saturated rings. The Kier molecular flexibility index (Phi) is 6.10. The fraction of sp³-hybridized carbons (Fsp3) is 0.579. The van der Waals surface area contributed by atoms with Crippen LogP contribution in [0.3, 0.4) is 0 Å². The van der Waals surface area contributed by atoms with Gasteiger partial charge >= 0.3 is 5.97 Å². The summed E-state index contributed by atoms with van der Waals surface area (Å²) in [6.07, 6.45) is 5.65. The van der Waals surface area contributed by atoms with Crippen LogP contribution in [-0.4, -0.2) is 76.5 Å². The standard InChI is InChI=1S/C19H25N5O6S/c1-2-29-19(26)16-5-6-17(30-16)31(27,28)24-9-3-4-15(24)18(25)22-10-7-14(8-11-22)23-13-20-12-21-23/h5-6,12-15H,2-4,7-11H2,1H3. The molecule has 4 heterocycles. The van der Waals surface area contributed by atoms with Crippen LogP contribution >= 0.6 is 0 Å². The molecule has 0 bridgehead atoms. The smallest absolute Gasteiger partial charge is 0.374 e. The van der Waals surface area contributed by atoms with E-state index in [0.29, 0.717) is 25.9 Å². The zero-order valence-electron chi connectivity index (χ0n) is 17.2. The molecule has 0 aromatic carbocycles. The molecule has 0 N–H and O–H groups in total. The summed E-state index contributed by atoms with van der Waals surface area (Å²) in [6, 6.07) is 1.90. The van der Waals surface area contributed by atoms with Crippen LogP contribution in [0.4, 0.5) is 0 Å². The van der Waals surface area contributed by atoms with E-state index in [1.807, 2.05) is 0 Å². The highest BCUT2D eigenvalue weighted by Crippen LogP contribution is 2.30. The Morgan fingerprint density at radius 3 is 2.65 bits per heavy atom. The Labute approximate surface area is 180 Å². The topological polar surface area (TPSA) is 128 Å². The Bertz CT molecular complexity index is 1030. The lowest BCUT2D eigenvalue weighted by molar-refractivity contribution is -0.136. The van der Waals surface area contributed by atoms with Gasteiger partial charge in [-0.05, 0) is 44.7 Å². The van der Waals surface area contributed by atoms with Gasteiger partial charge in [0.2, 0.25) is 16.8 Å². The van der Waals surface area contributed by atoms with E-state index < -0.39 is 22.0 Å². The molecule has 4 rings (SSSR count). The first-order valence-electron chi connectivity index (χ1n) is 10.3. The Hall–Kier alpha value is -2.73. The van der Waals surface area contributed by atoms with Crippen LogP contribution < -0.4 is 0 Å². The lowest BCUT2D eigenvalue weighted by Crippen LogP contribution is -2.50. The number of ether oxygens (including phenoxy) is 1. The highest BCUT2D eigenvalue weighted by atomic mass is 32.2. The number of nitrogens with zero attached hydrogens (tertiary/aromatic N) is 5. The number of furan rings is 1. The van der Waals surface area contributed by atoms with Gasteiger partial charge in [0, 0.05) is 19.6 Å². The molecule has 2 aromatic rings. The van der Waals surface area contributed by atoms with Gasteiger partial charge < -0.3 is 14.1 Å². The third kappa shape index (κ3) is 4.22. The number of esters is 1. The second kappa shape index (κ2) is 8.79. The first-order valence-corrected chi connectivity index (χ1v) is 11.8. The number of piperidine rings is 1. The average molecular weight is 452 g/mol. The second-order valence-corrected chi connectivity index (χ2v) is 9.37. The summed E-state index contributed by atoms with van der Waals surface area (Å²) in [7, 11) is -4.06. The maximum Gasteiger partial charge on any atom is 0.374 e. The fourth-order valence-electron chi connectivity index (χ4n) is 4.13. The Balaban J connectivity index is 1.45. The molecule has 2 aliphatic rings. The average Bonchev–Trinajstić information content (AvgIpc) is 3.55. The molecule has 11 nitrogen and oxygen atoms in total. The molecule has 2 aromatic heterocycles. The van der Waals surface area contributed by atoms with Crippen molar-refractivity contribution in [3.63, 3.8) is 0 Å². The maximum atomic E-state index is 13.2. The number of carbonyl (C=O) groups excluding carboxylic acids is 2. The van der Waals surface area contributed by atoms with E-state index in [1.54, 1.807) is 22.8 Å². The van der Waals surface area contributed by atoms with Crippen molar-refractivity contribution in [1.29, 1.82) is 0 Å². The molecule has 1 amide bonds. The van der Waals surface area contributed by atoms with Gasteiger partial charge in [-0.15, -0.1) is 0 Å². The number of hydrogen-bond acceptors (Lipinski definition) is 8. The zero-order chi connectivity index (χ0) is 22.0. The number of likely N-dealkylation sites (tertiary alicyclic amines) is 1. The summed E-state index contributed by atoms with van der Waals surface area (Å²) >= 11 is 0. The Morgan fingerprint density at radius 2 is 1.97 bits per heavy atom. The molecule has 31 heavy (non-hydrogen) atoms. The van der Waals surface area contributed by atoms with Gasteiger partial charge in [-0.1, -0.05) is 0 Å². The van der Waals surface area contributed by atoms with Crippen molar-refractivity contribution in [1.82, 2.24) is 24.0 Å². The van der Waals surface area contributed by atoms with E-state index in [-0.39, 0.29) is 36.0 Å². The third-order valence-corrected chi connectivity index (χ3v) is 7.48. The zero-order valence-corrected chi connectivity index (χ0v) is 18.0. The molecule has 1 unspecified atom stereocenters. The molecular weight excluding hydrogens is 426 g/mol. The van der Waals surface area contributed by atoms with Crippen molar-refractivity contribution in [2.24, 2.45) is 0 Å². The van der Waals surface area contributed by atoms with Gasteiger partial charge in [-0.25, -0.2) is 22.9 Å². The minimum absolute atomic E-state index is 0.151. The van der Waals surface area contributed by atoms with Crippen LogP contribution in [0.2, 0.25) is 0 Å². The molecule has 12 heteroatoms. The number of hydrogen-bond donors (Lipinski definition) is 0. The summed E-state index contributed by atoms with van der Waals surface area (Å²) in [5.74, 6) is -1.11. The van der Waals surface area contributed by atoms with Gasteiger partial charge in [0.1, 0.15) is 18.7 Å². The highest BCUT2D eigenvalue weighted by Gasteiger charge is 2.43. The van der Waals surface area contributed by atoms with Gasteiger partial charge in [-0.3, -0.25) is 4.79 Å². The number of amides is 1. The van der Waals surface area contributed by atoms with Crippen LogP contribution in [-0.2, 0) is 19.6 Å². The second-order valence-electron chi connectivity index (χ2n) is 7.54.